The molecule has 1 unspecified atom stereocenters. The average Bonchev–Trinajstić information content (AvgIpc) is 3.09. The van der Waals surface area contributed by atoms with E-state index in [9.17, 15) is 4.79 Å². The van der Waals surface area contributed by atoms with E-state index in [4.69, 9.17) is 9.47 Å². The van der Waals surface area contributed by atoms with Crippen LogP contribution in [0.4, 0.5) is 4.79 Å². The highest BCUT2D eigenvalue weighted by atomic mass is 16.6. The fourth-order valence-corrected chi connectivity index (χ4v) is 3.18. The van der Waals surface area contributed by atoms with Crippen molar-refractivity contribution in [3.63, 3.8) is 0 Å². The summed E-state index contributed by atoms with van der Waals surface area (Å²) in [6.45, 7) is 9.22. The molecule has 1 atom stereocenters. The predicted octanol–water partition coefficient (Wildman–Crippen LogP) is 2.30. The third-order valence-corrected chi connectivity index (χ3v) is 4.63. The maximum Gasteiger partial charge on any atom is 0.407 e. The summed E-state index contributed by atoms with van der Waals surface area (Å²) in [6.07, 6.45) is 0.477. The Balaban J connectivity index is 1.86. The van der Waals surface area contributed by atoms with E-state index in [2.05, 4.69) is 31.5 Å². The number of hydrogen-bond acceptors (Lipinski definition) is 5. The number of carbonyl (C=O) groups is 1. The number of ether oxygens (including phenoxy) is 2. The van der Waals surface area contributed by atoms with Crippen LogP contribution in [0.15, 0.2) is 29.3 Å². The van der Waals surface area contributed by atoms with Crippen molar-refractivity contribution in [1.29, 1.82) is 0 Å². The first-order valence-corrected chi connectivity index (χ1v) is 10.5. The van der Waals surface area contributed by atoms with Crippen molar-refractivity contribution in [2.24, 2.45) is 4.99 Å². The number of likely N-dealkylation sites (tertiary alicyclic amines) is 1. The van der Waals surface area contributed by atoms with Gasteiger partial charge in [-0.2, -0.15) is 0 Å². The molecule has 1 heterocycles. The van der Waals surface area contributed by atoms with Crippen molar-refractivity contribution in [1.82, 2.24) is 20.4 Å². The van der Waals surface area contributed by atoms with Crippen molar-refractivity contribution in [3.05, 3.63) is 29.8 Å². The van der Waals surface area contributed by atoms with Gasteiger partial charge in [0.05, 0.1) is 6.04 Å². The number of benzene rings is 1. The second-order valence-electron chi connectivity index (χ2n) is 8.74. The van der Waals surface area contributed by atoms with Gasteiger partial charge in [0.2, 0.25) is 0 Å². The van der Waals surface area contributed by atoms with Crippen molar-refractivity contribution in [3.8, 4) is 5.75 Å². The van der Waals surface area contributed by atoms with Gasteiger partial charge < -0.3 is 29.9 Å². The van der Waals surface area contributed by atoms with Gasteiger partial charge in [0.25, 0.3) is 0 Å². The SMILES string of the molecule is CN=C(NCc1ccccc1OCCN(C)C)N1CCC(NC(=O)OC(C)(C)C)C1. The van der Waals surface area contributed by atoms with Crippen LogP contribution in [0.25, 0.3) is 0 Å². The van der Waals surface area contributed by atoms with Crippen LogP contribution in [0.3, 0.4) is 0 Å². The van der Waals surface area contributed by atoms with E-state index in [0.717, 1.165) is 36.8 Å². The molecule has 1 aromatic rings. The summed E-state index contributed by atoms with van der Waals surface area (Å²) in [5, 5.41) is 6.37. The zero-order chi connectivity index (χ0) is 22.1. The molecule has 1 aliphatic rings. The quantitative estimate of drug-likeness (QED) is 0.522. The molecule has 2 N–H and O–H groups in total. The predicted molar refractivity (Wildman–Crippen MR) is 120 cm³/mol. The highest BCUT2D eigenvalue weighted by molar-refractivity contribution is 5.80. The molecule has 1 amide bonds. The molecule has 2 rings (SSSR count). The average molecular weight is 420 g/mol. The molecule has 1 aromatic carbocycles. The minimum absolute atomic E-state index is 0.0417. The van der Waals surface area contributed by atoms with Gasteiger partial charge >= 0.3 is 6.09 Å². The highest BCUT2D eigenvalue weighted by Crippen LogP contribution is 2.18. The van der Waals surface area contributed by atoms with Crippen LogP contribution in [0.2, 0.25) is 0 Å². The Hall–Kier alpha value is -2.48. The fraction of sp³-hybridized carbons (Fsp3) is 0.636. The number of guanidine groups is 1. The van der Waals surface area contributed by atoms with E-state index in [0.29, 0.717) is 19.7 Å². The number of para-hydroxylation sites is 1. The van der Waals surface area contributed by atoms with Crippen molar-refractivity contribution >= 4 is 12.1 Å². The summed E-state index contributed by atoms with van der Waals surface area (Å²) >= 11 is 0. The second-order valence-corrected chi connectivity index (χ2v) is 8.74. The van der Waals surface area contributed by atoms with Gasteiger partial charge in [0, 0.05) is 38.8 Å². The number of carbonyl (C=O) groups excluding carboxylic acids is 1. The normalized spacial score (nSPS) is 17.2. The lowest BCUT2D eigenvalue weighted by molar-refractivity contribution is 0.0507. The Labute approximate surface area is 180 Å². The maximum absolute atomic E-state index is 12.0. The summed E-state index contributed by atoms with van der Waals surface area (Å²) in [5.41, 5.74) is 0.585. The third-order valence-electron chi connectivity index (χ3n) is 4.63. The lowest BCUT2D eigenvalue weighted by Crippen LogP contribution is -2.44. The maximum atomic E-state index is 12.0. The molecule has 0 spiro atoms. The Morgan fingerprint density at radius 1 is 1.30 bits per heavy atom. The number of aliphatic imine (C=N–C) groups is 1. The minimum Gasteiger partial charge on any atom is -0.492 e. The molecule has 1 fully saturated rings. The van der Waals surface area contributed by atoms with Crippen LogP contribution in [0, 0.1) is 0 Å². The zero-order valence-electron chi connectivity index (χ0n) is 19.2. The molecule has 0 saturated carbocycles. The second kappa shape index (κ2) is 11.1. The Bertz CT molecular complexity index is 715. The summed E-state index contributed by atoms with van der Waals surface area (Å²) in [6, 6.07) is 8.08. The number of likely N-dealkylation sites (N-methyl/N-ethyl adjacent to an activating group) is 1. The molecule has 0 aliphatic carbocycles. The van der Waals surface area contributed by atoms with Gasteiger partial charge in [-0.15, -0.1) is 0 Å². The van der Waals surface area contributed by atoms with Crippen molar-refractivity contribution in [2.75, 3.05) is 47.4 Å². The topological polar surface area (TPSA) is 78.4 Å². The zero-order valence-corrected chi connectivity index (χ0v) is 19.2. The van der Waals surface area contributed by atoms with E-state index >= 15 is 0 Å². The van der Waals surface area contributed by atoms with Crippen LogP contribution >= 0.6 is 0 Å². The van der Waals surface area contributed by atoms with Crippen LogP contribution in [-0.2, 0) is 11.3 Å². The first-order valence-electron chi connectivity index (χ1n) is 10.5. The third kappa shape index (κ3) is 8.10. The van der Waals surface area contributed by atoms with Gasteiger partial charge in [-0.1, -0.05) is 18.2 Å². The first-order chi connectivity index (χ1) is 14.2. The largest absolute Gasteiger partial charge is 0.492 e. The molecule has 8 nitrogen and oxygen atoms in total. The summed E-state index contributed by atoms with van der Waals surface area (Å²) in [5.74, 6) is 1.69. The number of nitrogens with one attached hydrogen (secondary N) is 2. The van der Waals surface area contributed by atoms with E-state index < -0.39 is 5.60 Å². The minimum atomic E-state index is -0.498. The summed E-state index contributed by atoms with van der Waals surface area (Å²) in [7, 11) is 5.83. The lowest BCUT2D eigenvalue weighted by atomic mass is 10.2. The molecular formula is C22H37N5O3. The molecule has 8 heteroatoms. The molecule has 1 saturated heterocycles. The smallest absolute Gasteiger partial charge is 0.407 e. The molecule has 1 aliphatic heterocycles. The number of rotatable bonds is 7. The Kier molecular flexibility index (Phi) is 8.77. The first kappa shape index (κ1) is 23.8. The number of hydrogen-bond donors (Lipinski definition) is 2. The standard InChI is InChI=1S/C22H37N5O3/c1-22(2,3)30-21(28)25-18-11-12-27(16-18)20(23-4)24-15-17-9-7-8-10-19(17)29-14-13-26(5)6/h7-10,18H,11-16H2,1-6H3,(H,23,24)(H,25,28). The van der Waals surface area contributed by atoms with Gasteiger partial charge in [0.1, 0.15) is 18.0 Å². The number of nitrogens with zero attached hydrogens (tertiary/aromatic N) is 3. The monoisotopic (exact) mass is 419 g/mol. The van der Waals surface area contributed by atoms with Crippen molar-refractivity contribution in [2.45, 2.75) is 45.4 Å². The lowest BCUT2D eigenvalue weighted by Gasteiger charge is -2.23. The molecule has 0 radical (unpaired) electrons. The van der Waals surface area contributed by atoms with E-state index in [1.807, 2.05) is 53.1 Å². The summed E-state index contributed by atoms with van der Waals surface area (Å²) < 4.78 is 11.3. The molecule has 0 bridgehead atoms. The van der Waals surface area contributed by atoms with Crippen LogP contribution in [-0.4, -0.2) is 80.9 Å². The van der Waals surface area contributed by atoms with Gasteiger partial charge in [-0.3, -0.25) is 4.99 Å². The highest BCUT2D eigenvalue weighted by Gasteiger charge is 2.27. The molecule has 168 valence electrons. The fourth-order valence-electron chi connectivity index (χ4n) is 3.18. The van der Waals surface area contributed by atoms with Crippen LogP contribution in [0.1, 0.15) is 32.8 Å². The van der Waals surface area contributed by atoms with Gasteiger partial charge in [-0.05, 0) is 47.4 Å². The molecular weight excluding hydrogens is 382 g/mol. The number of amides is 1. The van der Waals surface area contributed by atoms with Gasteiger partial charge in [0.15, 0.2) is 5.96 Å². The van der Waals surface area contributed by atoms with Crippen LogP contribution in [0.5, 0.6) is 5.75 Å². The molecule has 0 aromatic heterocycles. The Morgan fingerprint density at radius 3 is 2.70 bits per heavy atom. The van der Waals surface area contributed by atoms with E-state index in [1.54, 1.807) is 7.05 Å². The summed E-state index contributed by atoms with van der Waals surface area (Å²) in [4.78, 5) is 20.7. The van der Waals surface area contributed by atoms with Gasteiger partial charge in [-0.25, -0.2) is 4.79 Å². The Morgan fingerprint density at radius 2 is 2.03 bits per heavy atom. The van der Waals surface area contributed by atoms with Crippen LogP contribution < -0.4 is 15.4 Å². The number of alkyl carbamates (subject to hydrolysis) is 1. The van der Waals surface area contributed by atoms with Crippen molar-refractivity contribution < 1.29 is 14.3 Å². The van der Waals surface area contributed by atoms with E-state index in [-0.39, 0.29) is 12.1 Å². The molecule has 30 heavy (non-hydrogen) atoms. The van der Waals surface area contributed by atoms with E-state index in [1.165, 1.54) is 0 Å².